The number of hydrogen-bond acceptors (Lipinski definition) is 4. The van der Waals surface area contributed by atoms with E-state index in [0.29, 0.717) is 5.82 Å². The summed E-state index contributed by atoms with van der Waals surface area (Å²) in [6.45, 7) is 0. The molecule has 0 bridgehead atoms. The standard InChI is InChI=1S/C59H36N4O/c1-3-16-37(17-4-1)49-36-50(41-20-15-21-42(34-41)63-51-27-12-8-22-43(51)44-23-9-13-28-52(44)63)62-59(61-49)40-32-30-39(31-33-40)58-47-35-54-57(46-25-10-14-29-53(46)64-54)55(38-18-5-2-6-19-38)56(47)45-24-7-11-26-48(45)60-58/h1-36H. The summed E-state index contributed by atoms with van der Waals surface area (Å²) in [6, 6.07) is 76.5. The normalized spacial score (nSPS) is 11.8. The first-order valence-electron chi connectivity index (χ1n) is 21.6. The second kappa shape index (κ2) is 14.5. The lowest BCUT2D eigenvalue weighted by atomic mass is 9.89. The highest BCUT2D eigenvalue weighted by atomic mass is 16.3. The molecule has 298 valence electrons. The summed E-state index contributed by atoms with van der Waals surface area (Å²) in [5.74, 6) is 0.650. The lowest BCUT2D eigenvalue weighted by Crippen LogP contribution is -1.98. The van der Waals surface area contributed by atoms with Gasteiger partial charge in [0, 0.05) is 71.2 Å². The Hall–Kier alpha value is -8.67. The summed E-state index contributed by atoms with van der Waals surface area (Å²) in [5.41, 5.74) is 14.9. The first-order valence-corrected chi connectivity index (χ1v) is 21.6. The first kappa shape index (κ1) is 36.0. The fourth-order valence-corrected chi connectivity index (χ4v) is 9.69. The monoisotopic (exact) mass is 816 g/mol. The van der Waals surface area contributed by atoms with Crippen molar-refractivity contribution in [2.75, 3.05) is 0 Å². The van der Waals surface area contributed by atoms with Crippen molar-refractivity contribution in [2.45, 2.75) is 0 Å². The van der Waals surface area contributed by atoms with E-state index in [0.717, 1.165) is 99.8 Å². The smallest absolute Gasteiger partial charge is 0.160 e. The van der Waals surface area contributed by atoms with Gasteiger partial charge in [0.15, 0.2) is 5.82 Å². The maximum Gasteiger partial charge on any atom is 0.160 e. The summed E-state index contributed by atoms with van der Waals surface area (Å²) in [5, 5.41) is 7.96. The molecule has 0 radical (unpaired) electrons. The van der Waals surface area contributed by atoms with Crippen molar-refractivity contribution < 1.29 is 4.42 Å². The Labute approximate surface area is 368 Å². The zero-order valence-corrected chi connectivity index (χ0v) is 34.5. The third kappa shape index (κ3) is 5.75. The molecule has 0 aliphatic carbocycles. The number of benzene rings is 9. The predicted octanol–water partition coefficient (Wildman–Crippen LogP) is 15.5. The highest BCUT2D eigenvalue weighted by Crippen LogP contribution is 2.46. The Morgan fingerprint density at radius 1 is 0.344 bits per heavy atom. The van der Waals surface area contributed by atoms with Gasteiger partial charge in [0.2, 0.25) is 0 Å². The van der Waals surface area contributed by atoms with Gasteiger partial charge in [-0.05, 0) is 54.1 Å². The topological polar surface area (TPSA) is 56.7 Å². The van der Waals surface area contributed by atoms with Crippen LogP contribution in [0.4, 0.5) is 0 Å². The molecule has 5 heteroatoms. The molecular weight excluding hydrogens is 781 g/mol. The Balaban J connectivity index is 0.978. The van der Waals surface area contributed by atoms with Crippen LogP contribution in [0.2, 0.25) is 0 Å². The van der Waals surface area contributed by atoms with Crippen molar-refractivity contribution >= 4 is 65.4 Å². The second-order valence-corrected chi connectivity index (χ2v) is 16.3. The molecule has 0 aliphatic heterocycles. The van der Waals surface area contributed by atoms with Crippen LogP contribution < -0.4 is 0 Å². The molecule has 0 N–H and O–H groups in total. The van der Waals surface area contributed by atoms with Crippen LogP contribution in [0.5, 0.6) is 0 Å². The van der Waals surface area contributed by atoms with E-state index >= 15 is 0 Å². The van der Waals surface area contributed by atoms with Gasteiger partial charge in [0.05, 0.1) is 33.6 Å². The van der Waals surface area contributed by atoms with Crippen molar-refractivity contribution in [1.29, 1.82) is 0 Å². The van der Waals surface area contributed by atoms with E-state index in [1.807, 2.05) is 18.2 Å². The zero-order chi connectivity index (χ0) is 42.1. The fraction of sp³-hybridized carbons (Fsp3) is 0. The van der Waals surface area contributed by atoms with Gasteiger partial charge in [-0.25, -0.2) is 15.0 Å². The average molecular weight is 817 g/mol. The number of hydrogen-bond donors (Lipinski definition) is 0. The van der Waals surface area contributed by atoms with Crippen molar-refractivity contribution in [1.82, 2.24) is 19.5 Å². The van der Waals surface area contributed by atoms with Gasteiger partial charge in [-0.3, -0.25) is 0 Å². The SMILES string of the molecule is c1ccc(-c2cc(-c3cccc(-n4c5ccccc5c5ccccc54)c3)nc(-c3ccc(-c4nc5ccccc5c5c(-c6ccccc6)c6c(cc45)oc4ccccc46)cc3)n2)cc1. The molecule has 4 aromatic heterocycles. The molecule has 0 saturated carbocycles. The van der Waals surface area contributed by atoms with E-state index in [4.69, 9.17) is 19.4 Å². The number of para-hydroxylation sites is 4. The van der Waals surface area contributed by atoms with E-state index in [9.17, 15) is 0 Å². The van der Waals surface area contributed by atoms with Crippen LogP contribution in [0.15, 0.2) is 223 Å². The van der Waals surface area contributed by atoms with Crippen molar-refractivity contribution in [3.05, 3.63) is 218 Å². The van der Waals surface area contributed by atoms with Gasteiger partial charge in [-0.1, -0.05) is 170 Å². The molecule has 4 heterocycles. The van der Waals surface area contributed by atoms with Crippen LogP contribution in [-0.2, 0) is 0 Å². The van der Waals surface area contributed by atoms with Crippen LogP contribution in [0.25, 0.3) is 127 Å². The largest absolute Gasteiger partial charge is 0.456 e. The minimum Gasteiger partial charge on any atom is -0.456 e. The van der Waals surface area contributed by atoms with Gasteiger partial charge >= 0.3 is 0 Å². The lowest BCUT2D eigenvalue weighted by Gasteiger charge is -2.16. The Morgan fingerprint density at radius 3 is 1.66 bits per heavy atom. The Kier molecular flexibility index (Phi) is 8.15. The number of nitrogens with zero attached hydrogens (tertiary/aromatic N) is 4. The van der Waals surface area contributed by atoms with Gasteiger partial charge < -0.3 is 8.98 Å². The summed E-state index contributed by atoms with van der Waals surface area (Å²) >= 11 is 0. The molecule has 13 rings (SSSR count). The molecule has 0 aliphatic rings. The Bertz CT molecular complexity index is 3890. The number of furan rings is 1. The third-order valence-electron chi connectivity index (χ3n) is 12.6. The van der Waals surface area contributed by atoms with E-state index in [-0.39, 0.29) is 0 Å². The quantitative estimate of drug-likeness (QED) is 0.157. The summed E-state index contributed by atoms with van der Waals surface area (Å²) in [4.78, 5) is 15.9. The number of fused-ring (bicyclic) bond motifs is 9. The average Bonchev–Trinajstić information content (AvgIpc) is 3.92. The van der Waals surface area contributed by atoms with Gasteiger partial charge in [0.1, 0.15) is 11.2 Å². The van der Waals surface area contributed by atoms with Gasteiger partial charge in [-0.2, -0.15) is 0 Å². The minimum absolute atomic E-state index is 0.650. The summed E-state index contributed by atoms with van der Waals surface area (Å²) < 4.78 is 8.97. The van der Waals surface area contributed by atoms with Crippen LogP contribution in [0, 0.1) is 0 Å². The molecule has 0 spiro atoms. The maximum absolute atomic E-state index is 6.62. The molecule has 9 aromatic carbocycles. The molecule has 0 atom stereocenters. The molecule has 0 unspecified atom stereocenters. The van der Waals surface area contributed by atoms with Crippen molar-refractivity contribution in [2.24, 2.45) is 0 Å². The van der Waals surface area contributed by atoms with Crippen LogP contribution in [-0.4, -0.2) is 19.5 Å². The number of rotatable bonds is 6. The maximum atomic E-state index is 6.62. The molecule has 0 amide bonds. The highest BCUT2D eigenvalue weighted by Gasteiger charge is 2.22. The number of pyridine rings is 1. The van der Waals surface area contributed by atoms with Crippen molar-refractivity contribution in [3.63, 3.8) is 0 Å². The molecule has 64 heavy (non-hydrogen) atoms. The van der Waals surface area contributed by atoms with E-state index in [1.165, 1.54) is 21.8 Å². The fourth-order valence-electron chi connectivity index (χ4n) is 9.69. The lowest BCUT2D eigenvalue weighted by molar-refractivity contribution is 0.669. The van der Waals surface area contributed by atoms with Gasteiger partial charge in [-0.15, -0.1) is 0 Å². The minimum atomic E-state index is 0.650. The Morgan fingerprint density at radius 2 is 0.922 bits per heavy atom. The van der Waals surface area contributed by atoms with E-state index in [2.05, 4.69) is 205 Å². The highest BCUT2D eigenvalue weighted by molar-refractivity contribution is 6.27. The molecule has 13 aromatic rings. The van der Waals surface area contributed by atoms with Crippen LogP contribution in [0.3, 0.4) is 0 Å². The molecule has 0 saturated heterocycles. The summed E-state index contributed by atoms with van der Waals surface area (Å²) in [6.07, 6.45) is 0. The number of aromatic nitrogens is 4. The van der Waals surface area contributed by atoms with Crippen molar-refractivity contribution in [3.8, 4) is 62.0 Å². The first-order chi connectivity index (χ1) is 31.7. The van der Waals surface area contributed by atoms with Gasteiger partial charge in [0.25, 0.3) is 0 Å². The van der Waals surface area contributed by atoms with Crippen LogP contribution >= 0.6 is 0 Å². The van der Waals surface area contributed by atoms with Crippen LogP contribution in [0.1, 0.15) is 0 Å². The molecule has 0 fully saturated rings. The predicted molar refractivity (Wildman–Crippen MR) is 264 cm³/mol. The molecule has 5 nitrogen and oxygen atoms in total. The zero-order valence-electron chi connectivity index (χ0n) is 34.5. The summed E-state index contributed by atoms with van der Waals surface area (Å²) in [7, 11) is 0. The molecular formula is C59H36N4O. The van der Waals surface area contributed by atoms with E-state index < -0.39 is 0 Å². The third-order valence-corrected chi connectivity index (χ3v) is 12.6. The second-order valence-electron chi connectivity index (χ2n) is 16.3. The van der Waals surface area contributed by atoms with E-state index in [1.54, 1.807) is 0 Å².